The Balaban J connectivity index is 1.38. The number of benzene rings is 3. The molecule has 1 aliphatic heterocycles. The summed E-state index contributed by atoms with van der Waals surface area (Å²) in [6.07, 6.45) is 3.09. The number of nitrogens with zero attached hydrogens (tertiary/aromatic N) is 1. The maximum absolute atomic E-state index is 12.7. The van der Waals surface area contributed by atoms with Crippen molar-refractivity contribution in [1.82, 2.24) is 5.32 Å². The van der Waals surface area contributed by atoms with Crippen LogP contribution in [0.2, 0.25) is 5.02 Å². The number of hydrogen-bond acceptors (Lipinski definition) is 4. The highest BCUT2D eigenvalue weighted by atomic mass is 35.5. The van der Waals surface area contributed by atoms with Crippen molar-refractivity contribution in [2.75, 3.05) is 10.2 Å². The zero-order chi connectivity index (χ0) is 25.1. The fourth-order valence-electron chi connectivity index (χ4n) is 3.64. The molecule has 0 radical (unpaired) electrons. The van der Waals surface area contributed by atoms with Crippen molar-refractivity contribution in [2.24, 2.45) is 0 Å². The molecule has 1 aliphatic rings. The van der Waals surface area contributed by atoms with Gasteiger partial charge in [-0.25, -0.2) is 4.90 Å². The average molecular weight is 504 g/mol. The van der Waals surface area contributed by atoms with Gasteiger partial charge in [-0.15, -0.1) is 0 Å². The van der Waals surface area contributed by atoms with Gasteiger partial charge >= 0.3 is 0 Å². The monoisotopic (exact) mass is 503 g/mol. The minimum absolute atomic E-state index is 0.0604. The van der Waals surface area contributed by atoms with Crippen LogP contribution in [0, 0.1) is 0 Å². The van der Waals surface area contributed by atoms with E-state index in [9.17, 15) is 14.4 Å². The average Bonchev–Trinajstić information content (AvgIpc) is 3.09. The highest BCUT2D eigenvalue weighted by molar-refractivity contribution is 7.80. The molecule has 4 rings (SSSR count). The summed E-state index contributed by atoms with van der Waals surface area (Å²) in [5.74, 6) is -0.769. The number of anilines is 2. The molecule has 3 amide bonds. The molecular weight excluding hydrogens is 482 g/mol. The third kappa shape index (κ3) is 5.31. The van der Waals surface area contributed by atoms with Crippen molar-refractivity contribution in [2.45, 2.75) is 19.8 Å². The van der Waals surface area contributed by atoms with Gasteiger partial charge in [0.15, 0.2) is 5.11 Å². The van der Waals surface area contributed by atoms with Gasteiger partial charge < -0.3 is 5.32 Å². The van der Waals surface area contributed by atoms with E-state index >= 15 is 0 Å². The van der Waals surface area contributed by atoms with E-state index < -0.39 is 17.7 Å². The van der Waals surface area contributed by atoms with Gasteiger partial charge in [0.25, 0.3) is 11.8 Å². The first-order chi connectivity index (χ1) is 16.7. The second-order valence-corrected chi connectivity index (χ2v) is 9.07. The van der Waals surface area contributed by atoms with Crippen molar-refractivity contribution >= 4 is 64.1 Å². The summed E-state index contributed by atoms with van der Waals surface area (Å²) in [6.45, 7) is 4.24. The van der Waals surface area contributed by atoms with E-state index in [-0.39, 0.29) is 10.1 Å². The van der Waals surface area contributed by atoms with Gasteiger partial charge in [0.2, 0.25) is 5.91 Å². The first-order valence-electron chi connectivity index (χ1n) is 10.9. The van der Waals surface area contributed by atoms with Gasteiger partial charge in [-0.1, -0.05) is 61.8 Å². The molecule has 0 aromatic heterocycles. The number of carbonyl (C=O) groups excluding carboxylic acids is 3. The Kier molecular flexibility index (Phi) is 7.10. The van der Waals surface area contributed by atoms with Crippen molar-refractivity contribution in [1.29, 1.82) is 0 Å². The largest absolute Gasteiger partial charge is 0.331 e. The standard InChI is InChI=1S/C27H22ClN3O3S/c1-16(2)18-10-7-17(8-11-18)9-14-24(32)30-27(35)29-23-13-12-19(15-22(23)28)31-25(33)20-5-3-4-6-21(20)26(31)34/h3-16H,1-2H3,(H2,29,30,32,35)/b14-9+. The number of carbonyl (C=O) groups is 3. The van der Waals surface area contributed by atoms with Gasteiger partial charge in [-0.05, 0) is 65.7 Å². The Hall–Kier alpha value is -3.81. The molecule has 3 aromatic rings. The van der Waals surface area contributed by atoms with Crippen molar-refractivity contribution in [3.63, 3.8) is 0 Å². The Morgan fingerprint density at radius 3 is 2.17 bits per heavy atom. The van der Waals surface area contributed by atoms with Crippen LogP contribution in [0.4, 0.5) is 11.4 Å². The summed E-state index contributed by atoms with van der Waals surface area (Å²) in [6, 6.07) is 19.3. The Labute approximate surface area is 213 Å². The van der Waals surface area contributed by atoms with E-state index in [2.05, 4.69) is 24.5 Å². The summed E-state index contributed by atoms with van der Waals surface area (Å²) in [7, 11) is 0. The topological polar surface area (TPSA) is 78.5 Å². The molecule has 0 unspecified atom stereocenters. The van der Waals surface area contributed by atoms with Crippen LogP contribution in [0.25, 0.3) is 6.08 Å². The molecule has 2 N–H and O–H groups in total. The molecule has 176 valence electrons. The fourth-order valence-corrected chi connectivity index (χ4v) is 4.07. The van der Waals surface area contributed by atoms with E-state index in [0.29, 0.717) is 28.4 Å². The summed E-state index contributed by atoms with van der Waals surface area (Å²) in [5.41, 5.74) is 3.59. The number of nitrogens with one attached hydrogen (secondary N) is 2. The maximum atomic E-state index is 12.7. The molecule has 1 heterocycles. The van der Waals surface area contributed by atoms with Crippen molar-refractivity contribution in [3.8, 4) is 0 Å². The van der Waals surface area contributed by atoms with Crippen LogP contribution in [0.3, 0.4) is 0 Å². The SMILES string of the molecule is CC(C)c1ccc(/C=C/C(=O)NC(=S)Nc2ccc(N3C(=O)c4ccccc4C3=O)cc2Cl)cc1. The summed E-state index contributed by atoms with van der Waals surface area (Å²) >= 11 is 11.6. The number of fused-ring (bicyclic) bond motifs is 1. The first-order valence-corrected chi connectivity index (χ1v) is 11.7. The number of amides is 3. The zero-order valence-electron chi connectivity index (χ0n) is 19.0. The second kappa shape index (κ2) is 10.2. The van der Waals surface area contributed by atoms with E-state index in [0.717, 1.165) is 10.5 Å². The smallest absolute Gasteiger partial charge is 0.266 e. The highest BCUT2D eigenvalue weighted by Gasteiger charge is 2.36. The van der Waals surface area contributed by atoms with Crippen molar-refractivity contribution in [3.05, 3.63) is 100 Å². The Morgan fingerprint density at radius 2 is 1.60 bits per heavy atom. The predicted molar refractivity (Wildman–Crippen MR) is 143 cm³/mol. The number of hydrogen-bond donors (Lipinski definition) is 2. The lowest BCUT2D eigenvalue weighted by Gasteiger charge is -2.16. The highest BCUT2D eigenvalue weighted by Crippen LogP contribution is 2.32. The molecule has 0 saturated carbocycles. The third-order valence-electron chi connectivity index (χ3n) is 5.52. The van der Waals surface area contributed by atoms with Crippen LogP contribution >= 0.6 is 23.8 Å². The van der Waals surface area contributed by atoms with E-state index in [1.165, 1.54) is 17.7 Å². The van der Waals surface area contributed by atoms with Crippen LogP contribution in [0.1, 0.15) is 51.6 Å². The van der Waals surface area contributed by atoms with Gasteiger partial charge in [0, 0.05) is 6.08 Å². The summed E-state index contributed by atoms with van der Waals surface area (Å²) in [5, 5.41) is 5.72. The normalized spacial score (nSPS) is 12.9. The Morgan fingerprint density at radius 1 is 0.971 bits per heavy atom. The van der Waals surface area contributed by atoms with E-state index in [1.807, 2.05) is 24.3 Å². The maximum Gasteiger partial charge on any atom is 0.266 e. The second-order valence-electron chi connectivity index (χ2n) is 8.25. The molecule has 6 nitrogen and oxygen atoms in total. The summed E-state index contributed by atoms with van der Waals surface area (Å²) in [4.78, 5) is 38.7. The van der Waals surface area contributed by atoms with E-state index in [4.69, 9.17) is 23.8 Å². The predicted octanol–water partition coefficient (Wildman–Crippen LogP) is 5.79. The van der Waals surface area contributed by atoms with Crippen LogP contribution in [0.15, 0.2) is 72.8 Å². The molecule has 8 heteroatoms. The number of halogens is 1. The van der Waals surface area contributed by atoms with Crippen LogP contribution in [-0.4, -0.2) is 22.8 Å². The lowest BCUT2D eigenvalue weighted by atomic mass is 10.0. The van der Waals surface area contributed by atoms with Gasteiger partial charge in [-0.3, -0.25) is 19.7 Å². The van der Waals surface area contributed by atoms with Gasteiger partial charge in [0.1, 0.15) is 0 Å². The zero-order valence-corrected chi connectivity index (χ0v) is 20.6. The number of thiocarbonyl (C=S) groups is 1. The number of imide groups is 1. The van der Waals surface area contributed by atoms with Crippen LogP contribution in [0.5, 0.6) is 0 Å². The van der Waals surface area contributed by atoms with Crippen LogP contribution in [-0.2, 0) is 4.79 Å². The molecule has 0 fully saturated rings. The third-order valence-corrected chi connectivity index (χ3v) is 6.04. The molecule has 35 heavy (non-hydrogen) atoms. The summed E-state index contributed by atoms with van der Waals surface area (Å²) < 4.78 is 0. The minimum Gasteiger partial charge on any atom is -0.331 e. The van der Waals surface area contributed by atoms with Crippen LogP contribution < -0.4 is 15.5 Å². The first kappa shape index (κ1) is 24.3. The molecule has 0 aliphatic carbocycles. The minimum atomic E-state index is -0.407. The molecule has 0 bridgehead atoms. The lowest BCUT2D eigenvalue weighted by Crippen LogP contribution is -2.33. The van der Waals surface area contributed by atoms with Crippen molar-refractivity contribution < 1.29 is 14.4 Å². The molecule has 3 aromatic carbocycles. The molecule has 0 saturated heterocycles. The quantitative estimate of drug-likeness (QED) is 0.262. The Bertz CT molecular complexity index is 1330. The van der Waals surface area contributed by atoms with E-state index in [1.54, 1.807) is 42.5 Å². The lowest BCUT2D eigenvalue weighted by molar-refractivity contribution is -0.115. The van der Waals surface area contributed by atoms with Gasteiger partial charge in [-0.2, -0.15) is 0 Å². The number of rotatable bonds is 5. The molecule has 0 spiro atoms. The molecular formula is C27H22ClN3O3S. The fraction of sp³-hybridized carbons (Fsp3) is 0.111. The van der Waals surface area contributed by atoms with Gasteiger partial charge in [0.05, 0.1) is 27.5 Å². The molecule has 0 atom stereocenters.